The Kier molecular flexibility index (Phi) is 6.48. The van der Waals surface area contributed by atoms with Gasteiger partial charge >= 0.3 is 0 Å². The highest BCUT2D eigenvalue weighted by Crippen LogP contribution is 2.16. The van der Waals surface area contributed by atoms with E-state index in [4.69, 9.17) is 16.3 Å². The number of ether oxygens (including phenoxy) is 1. The number of benzene rings is 1. The molecule has 0 aliphatic rings. The van der Waals surface area contributed by atoms with Crippen molar-refractivity contribution in [1.29, 1.82) is 0 Å². The molecular weight excluding hydrogens is 241 g/mol. The Hall–Kier alpha value is -0.640. The lowest BCUT2D eigenvalue weighted by Crippen LogP contribution is -2.35. The maximum atomic E-state index is 13.6. The van der Waals surface area contributed by atoms with Crippen LogP contribution in [0.5, 0.6) is 0 Å². The van der Waals surface area contributed by atoms with Crippen LogP contribution in [0.2, 0.25) is 5.02 Å². The van der Waals surface area contributed by atoms with Gasteiger partial charge in [-0.05, 0) is 43.1 Å². The van der Waals surface area contributed by atoms with E-state index in [2.05, 4.69) is 12.2 Å². The predicted molar refractivity (Wildman–Crippen MR) is 69.1 cm³/mol. The van der Waals surface area contributed by atoms with Crippen molar-refractivity contribution in [1.82, 2.24) is 5.32 Å². The molecule has 96 valence electrons. The van der Waals surface area contributed by atoms with Gasteiger partial charge in [-0.3, -0.25) is 0 Å². The van der Waals surface area contributed by atoms with Gasteiger partial charge in [0.05, 0.1) is 6.61 Å². The molecule has 0 heterocycles. The topological polar surface area (TPSA) is 21.3 Å². The van der Waals surface area contributed by atoms with Crippen LogP contribution in [0.3, 0.4) is 0 Å². The molecule has 4 heteroatoms. The number of halogens is 2. The second-order valence-electron chi connectivity index (χ2n) is 4.05. The van der Waals surface area contributed by atoms with Crippen molar-refractivity contribution in [3.8, 4) is 0 Å². The van der Waals surface area contributed by atoms with Crippen LogP contribution in [-0.2, 0) is 11.2 Å². The third-order valence-electron chi connectivity index (χ3n) is 2.52. The van der Waals surface area contributed by atoms with Gasteiger partial charge in [0.25, 0.3) is 0 Å². The van der Waals surface area contributed by atoms with Crippen LogP contribution in [0.4, 0.5) is 4.39 Å². The molecule has 0 bridgehead atoms. The van der Waals surface area contributed by atoms with Gasteiger partial charge in [-0.2, -0.15) is 0 Å². The normalized spacial score (nSPS) is 12.7. The van der Waals surface area contributed by atoms with Crippen molar-refractivity contribution in [3.05, 3.63) is 34.6 Å². The summed E-state index contributed by atoms with van der Waals surface area (Å²) in [5, 5.41) is 3.89. The molecule has 1 aromatic carbocycles. The van der Waals surface area contributed by atoms with Crippen molar-refractivity contribution in [2.24, 2.45) is 0 Å². The molecule has 0 radical (unpaired) electrons. The van der Waals surface area contributed by atoms with Gasteiger partial charge in [0.15, 0.2) is 0 Å². The van der Waals surface area contributed by atoms with E-state index in [0.717, 1.165) is 13.0 Å². The molecule has 0 aliphatic heterocycles. The molecule has 17 heavy (non-hydrogen) atoms. The Morgan fingerprint density at radius 3 is 2.88 bits per heavy atom. The molecule has 0 saturated carbocycles. The molecular formula is C13H19ClFNO. The van der Waals surface area contributed by atoms with E-state index in [-0.39, 0.29) is 11.9 Å². The lowest BCUT2D eigenvalue weighted by molar-refractivity contribution is 0.165. The monoisotopic (exact) mass is 259 g/mol. The van der Waals surface area contributed by atoms with Gasteiger partial charge in [0.2, 0.25) is 0 Å². The molecule has 0 spiro atoms. The Morgan fingerprint density at radius 2 is 2.24 bits per heavy atom. The highest BCUT2D eigenvalue weighted by molar-refractivity contribution is 6.30. The summed E-state index contributed by atoms with van der Waals surface area (Å²) in [6.45, 7) is 3.55. The van der Waals surface area contributed by atoms with Crippen LogP contribution in [0.15, 0.2) is 18.2 Å². The molecule has 1 N–H and O–H groups in total. The van der Waals surface area contributed by atoms with Gasteiger partial charge in [-0.15, -0.1) is 0 Å². The van der Waals surface area contributed by atoms with Gasteiger partial charge in [-0.25, -0.2) is 4.39 Å². The van der Waals surface area contributed by atoms with Crippen molar-refractivity contribution in [2.45, 2.75) is 25.8 Å². The first kappa shape index (κ1) is 14.4. The largest absolute Gasteiger partial charge is 0.383 e. The Labute approximate surface area is 107 Å². The maximum absolute atomic E-state index is 13.6. The minimum Gasteiger partial charge on any atom is -0.383 e. The fraction of sp³-hybridized carbons (Fsp3) is 0.538. The highest BCUT2D eigenvalue weighted by atomic mass is 35.5. The van der Waals surface area contributed by atoms with E-state index < -0.39 is 0 Å². The van der Waals surface area contributed by atoms with Crippen LogP contribution in [-0.4, -0.2) is 26.3 Å². The van der Waals surface area contributed by atoms with Crippen LogP contribution in [0.25, 0.3) is 0 Å². The standard InChI is InChI=1S/C13H19ClFNO/c1-3-6-16-12(9-17-2)8-10-7-11(14)4-5-13(10)15/h4-5,7,12,16H,3,6,8-9H2,1-2H3. The van der Waals surface area contributed by atoms with Crippen molar-refractivity contribution in [2.75, 3.05) is 20.3 Å². The SMILES string of the molecule is CCCNC(COC)Cc1cc(Cl)ccc1F. The molecule has 1 unspecified atom stereocenters. The van der Waals surface area contributed by atoms with Crippen molar-refractivity contribution >= 4 is 11.6 Å². The van der Waals surface area contributed by atoms with Gasteiger partial charge in [0, 0.05) is 18.2 Å². The van der Waals surface area contributed by atoms with E-state index in [1.165, 1.54) is 6.07 Å². The average Bonchev–Trinajstić information content (AvgIpc) is 2.31. The van der Waals surface area contributed by atoms with E-state index in [1.54, 1.807) is 19.2 Å². The Bertz CT molecular complexity index is 346. The van der Waals surface area contributed by atoms with E-state index in [9.17, 15) is 4.39 Å². The summed E-state index contributed by atoms with van der Waals surface area (Å²) >= 11 is 5.86. The van der Waals surface area contributed by atoms with Crippen LogP contribution in [0, 0.1) is 5.82 Å². The van der Waals surface area contributed by atoms with Gasteiger partial charge < -0.3 is 10.1 Å². The summed E-state index contributed by atoms with van der Waals surface area (Å²) in [6.07, 6.45) is 1.62. The van der Waals surface area contributed by atoms with Gasteiger partial charge in [0.1, 0.15) is 5.82 Å². The number of rotatable bonds is 7. The zero-order chi connectivity index (χ0) is 12.7. The molecule has 2 nitrogen and oxygen atoms in total. The molecule has 0 fully saturated rings. The van der Waals surface area contributed by atoms with E-state index >= 15 is 0 Å². The number of hydrogen-bond acceptors (Lipinski definition) is 2. The van der Waals surface area contributed by atoms with Crippen LogP contribution in [0.1, 0.15) is 18.9 Å². The zero-order valence-electron chi connectivity index (χ0n) is 10.3. The quantitative estimate of drug-likeness (QED) is 0.813. The highest BCUT2D eigenvalue weighted by Gasteiger charge is 2.12. The number of hydrogen-bond donors (Lipinski definition) is 1. The second kappa shape index (κ2) is 7.64. The molecule has 1 aromatic rings. The van der Waals surface area contributed by atoms with E-state index in [1.807, 2.05) is 0 Å². The fourth-order valence-corrected chi connectivity index (χ4v) is 1.90. The summed E-state index contributed by atoms with van der Waals surface area (Å²) in [4.78, 5) is 0. The summed E-state index contributed by atoms with van der Waals surface area (Å²) in [7, 11) is 1.65. The summed E-state index contributed by atoms with van der Waals surface area (Å²) < 4.78 is 18.7. The maximum Gasteiger partial charge on any atom is 0.126 e. The summed E-state index contributed by atoms with van der Waals surface area (Å²) in [6, 6.07) is 4.76. The molecule has 0 aromatic heterocycles. The lowest BCUT2D eigenvalue weighted by atomic mass is 10.1. The lowest BCUT2D eigenvalue weighted by Gasteiger charge is -2.18. The number of nitrogens with one attached hydrogen (secondary N) is 1. The smallest absolute Gasteiger partial charge is 0.126 e. The van der Waals surface area contributed by atoms with Crippen molar-refractivity contribution < 1.29 is 9.13 Å². The summed E-state index contributed by atoms with van der Waals surface area (Å²) in [5.41, 5.74) is 0.628. The Balaban J connectivity index is 2.67. The average molecular weight is 260 g/mol. The predicted octanol–water partition coefficient (Wildman–Crippen LogP) is 3.04. The van der Waals surface area contributed by atoms with Gasteiger partial charge in [-0.1, -0.05) is 18.5 Å². The molecule has 1 atom stereocenters. The second-order valence-corrected chi connectivity index (χ2v) is 4.48. The third-order valence-corrected chi connectivity index (χ3v) is 2.76. The molecule has 0 amide bonds. The minimum absolute atomic E-state index is 0.118. The van der Waals surface area contributed by atoms with E-state index in [0.29, 0.717) is 23.6 Å². The first-order valence-corrected chi connectivity index (χ1v) is 6.21. The summed E-state index contributed by atoms with van der Waals surface area (Å²) in [5.74, 6) is -0.214. The third kappa shape index (κ3) is 5.02. The fourth-order valence-electron chi connectivity index (χ4n) is 1.70. The zero-order valence-corrected chi connectivity index (χ0v) is 11.1. The molecule has 0 saturated heterocycles. The number of methoxy groups -OCH3 is 1. The molecule has 1 rings (SSSR count). The molecule has 0 aliphatic carbocycles. The Morgan fingerprint density at radius 1 is 1.47 bits per heavy atom. The van der Waals surface area contributed by atoms with Crippen molar-refractivity contribution in [3.63, 3.8) is 0 Å². The minimum atomic E-state index is -0.214. The van der Waals surface area contributed by atoms with Crippen LogP contribution >= 0.6 is 11.6 Å². The first-order chi connectivity index (χ1) is 8.17. The van der Waals surface area contributed by atoms with Crippen LogP contribution < -0.4 is 5.32 Å². The first-order valence-electron chi connectivity index (χ1n) is 5.83.